The van der Waals surface area contributed by atoms with Crippen LogP contribution in [-0.4, -0.2) is 4.98 Å². The molecule has 0 spiro atoms. The molecular weight excluding hydrogens is 379 g/mol. The van der Waals surface area contributed by atoms with Gasteiger partial charge in [-0.1, -0.05) is 39.7 Å². The number of hydrogen-bond donors (Lipinski definition) is 1. The zero-order chi connectivity index (χ0) is 13.1. The second-order valence-electron chi connectivity index (χ2n) is 3.93. The van der Waals surface area contributed by atoms with Crippen molar-refractivity contribution in [2.75, 3.05) is 5.32 Å². The van der Waals surface area contributed by atoms with E-state index >= 15 is 0 Å². The van der Waals surface area contributed by atoms with Crippen molar-refractivity contribution in [3.05, 3.63) is 55.7 Å². The summed E-state index contributed by atoms with van der Waals surface area (Å²) in [6.45, 7) is 2.82. The first kappa shape index (κ1) is 13.8. The van der Waals surface area contributed by atoms with Gasteiger partial charge >= 0.3 is 0 Å². The number of pyridine rings is 1. The molecule has 0 unspecified atom stereocenters. The molecule has 1 N–H and O–H groups in total. The number of nitrogens with zero attached hydrogens (tertiary/aromatic N) is 1. The first-order valence-corrected chi connectivity index (χ1v) is 7.32. The number of anilines is 1. The summed E-state index contributed by atoms with van der Waals surface area (Å²) in [7, 11) is 0. The fraction of sp³-hybridized carbons (Fsp3) is 0.154. The molecule has 0 aliphatic carbocycles. The molecule has 1 aromatic carbocycles. The second kappa shape index (κ2) is 6.04. The van der Waals surface area contributed by atoms with Crippen LogP contribution in [0.4, 0.5) is 5.69 Å². The molecule has 5 heteroatoms. The molecular formula is C13H11Br2ClN2. The maximum Gasteiger partial charge on any atom is 0.143 e. The summed E-state index contributed by atoms with van der Waals surface area (Å²) < 4.78 is 1.91. The Labute approximate surface area is 128 Å². The van der Waals surface area contributed by atoms with Gasteiger partial charge in [0.25, 0.3) is 0 Å². The standard InChI is InChI=1S/C13H11Br2ClN2/c1-8-2-3-9(4-11(8)14)6-17-10-5-12(15)13(16)18-7-10/h2-5,7,17H,6H2,1H3. The molecule has 0 aliphatic rings. The lowest BCUT2D eigenvalue weighted by Crippen LogP contribution is -2.00. The number of rotatable bonds is 3. The van der Waals surface area contributed by atoms with Crippen LogP contribution < -0.4 is 5.32 Å². The zero-order valence-corrected chi connectivity index (χ0v) is 13.6. The molecule has 0 bridgehead atoms. The number of aromatic nitrogens is 1. The van der Waals surface area contributed by atoms with Gasteiger partial charge in [-0.15, -0.1) is 0 Å². The van der Waals surface area contributed by atoms with Crippen molar-refractivity contribution in [1.29, 1.82) is 0 Å². The maximum absolute atomic E-state index is 5.84. The van der Waals surface area contributed by atoms with E-state index in [9.17, 15) is 0 Å². The van der Waals surface area contributed by atoms with Crippen LogP contribution in [0.25, 0.3) is 0 Å². The Bertz CT molecular complexity index is 521. The first-order chi connectivity index (χ1) is 8.56. The van der Waals surface area contributed by atoms with E-state index in [1.165, 1.54) is 11.1 Å². The van der Waals surface area contributed by atoms with Gasteiger partial charge < -0.3 is 5.32 Å². The lowest BCUT2D eigenvalue weighted by atomic mass is 10.1. The van der Waals surface area contributed by atoms with Crippen molar-refractivity contribution in [3.63, 3.8) is 0 Å². The summed E-state index contributed by atoms with van der Waals surface area (Å²) in [5, 5.41) is 3.77. The molecule has 0 saturated carbocycles. The number of halogens is 3. The smallest absolute Gasteiger partial charge is 0.143 e. The van der Waals surface area contributed by atoms with E-state index in [0.29, 0.717) is 5.15 Å². The SMILES string of the molecule is Cc1ccc(CNc2cnc(Cl)c(Br)c2)cc1Br. The monoisotopic (exact) mass is 388 g/mol. The fourth-order valence-corrected chi connectivity index (χ4v) is 2.35. The fourth-order valence-electron chi connectivity index (χ4n) is 1.47. The van der Waals surface area contributed by atoms with Gasteiger partial charge in [-0.25, -0.2) is 4.98 Å². The molecule has 0 radical (unpaired) electrons. The Morgan fingerprint density at radius 2 is 2.00 bits per heavy atom. The van der Waals surface area contributed by atoms with Crippen molar-refractivity contribution >= 4 is 49.1 Å². The summed E-state index contributed by atoms with van der Waals surface area (Å²) in [5.74, 6) is 0. The van der Waals surface area contributed by atoms with Gasteiger partial charge in [0.05, 0.1) is 16.4 Å². The number of aryl methyl sites for hydroxylation is 1. The van der Waals surface area contributed by atoms with Gasteiger partial charge in [-0.3, -0.25) is 0 Å². The molecule has 0 aliphatic heterocycles. The molecule has 2 rings (SSSR count). The van der Waals surface area contributed by atoms with Gasteiger partial charge in [0.15, 0.2) is 0 Å². The van der Waals surface area contributed by atoms with Crippen LogP contribution >= 0.6 is 43.5 Å². The third-order valence-electron chi connectivity index (χ3n) is 2.53. The van der Waals surface area contributed by atoms with E-state index in [-0.39, 0.29) is 0 Å². The molecule has 0 saturated heterocycles. The van der Waals surface area contributed by atoms with E-state index in [0.717, 1.165) is 21.2 Å². The van der Waals surface area contributed by atoms with Crippen LogP contribution in [0.15, 0.2) is 39.4 Å². The Balaban J connectivity index is 2.06. The highest BCUT2D eigenvalue weighted by Gasteiger charge is 2.01. The lowest BCUT2D eigenvalue weighted by molar-refractivity contribution is 1.13. The number of nitrogens with one attached hydrogen (secondary N) is 1. The average molecular weight is 391 g/mol. The molecule has 94 valence electrons. The molecule has 0 fully saturated rings. The van der Waals surface area contributed by atoms with Gasteiger partial charge in [0.2, 0.25) is 0 Å². The van der Waals surface area contributed by atoms with Gasteiger partial charge in [-0.2, -0.15) is 0 Å². The quantitative estimate of drug-likeness (QED) is 0.731. The Kier molecular flexibility index (Phi) is 4.65. The lowest BCUT2D eigenvalue weighted by Gasteiger charge is -2.08. The van der Waals surface area contributed by atoms with Crippen LogP contribution in [0.2, 0.25) is 5.15 Å². The predicted octanol–water partition coefficient (Wildman–Crippen LogP) is 5.18. The molecule has 0 amide bonds. The maximum atomic E-state index is 5.84. The topological polar surface area (TPSA) is 24.9 Å². The highest BCUT2D eigenvalue weighted by atomic mass is 79.9. The third kappa shape index (κ3) is 3.46. The highest BCUT2D eigenvalue weighted by Crippen LogP contribution is 2.23. The number of hydrogen-bond acceptors (Lipinski definition) is 2. The van der Waals surface area contributed by atoms with Gasteiger partial charge in [-0.05, 0) is 46.1 Å². The summed E-state index contributed by atoms with van der Waals surface area (Å²) in [6.07, 6.45) is 1.72. The van der Waals surface area contributed by atoms with Gasteiger partial charge in [0.1, 0.15) is 5.15 Å². The van der Waals surface area contributed by atoms with E-state index in [1.54, 1.807) is 6.20 Å². The van der Waals surface area contributed by atoms with Crippen molar-refractivity contribution in [2.45, 2.75) is 13.5 Å². The Morgan fingerprint density at radius 3 is 2.67 bits per heavy atom. The summed E-state index contributed by atoms with van der Waals surface area (Å²) in [6, 6.07) is 8.22. The van der Waals surface area contributed by atoms with Crippen LogP contribution in [0.5, 0.6) is 0 Å². The highest BCUT2D eigenvalue weighted by molar-refractivity contribution is 9.10. The number of benzene rings is 1. The first-order valence-electron chi connectivity index (χ1n) is 5.36. The van der Waals surface area contributed by atoms with Crippen LogP contribution in [0.3, 0.4) is 0 Å². The van der Waals surface area contributed by atoms with Crippen molar-refractivity contribution in [3.8, 4) is 0 Å². The summed E-state index contributed by atoms with van der Waals surface area (Å²) >= 11 is 12.7. The summed E-state index contributed by atoms with van der Waals surface area (Å²) in [4.78, 5) is 4.07. The molecule has 2 aromatic rings. The minimum atomic E-state index is 0.471. The van der Waals surface area contributed by atoms with Crippen LogP contribution in [0, 0.1) is 6.92 Å². The average Bonchev–Trinajstić information content (AvgIpc) is 2.35. The predicted molar refractivity (Wildman–Crippen MR) is 83.2 cm³/mol. The second-order valence-corrected chi connectivity index (χ2v) is 6.00. The zero-order valence-electron chi connectivity index (χ0n) is 9.67. The molecule has 18 heavy (non-hydrogen) atoms. The molecule has 2 nitrogen and oxygen atoms in total. The normalized spacial score (nSPS) is 10.4. The van der Waals surface area contributed by atoms with E-state index in [1.807, 2.05) is 6.07 Å². The largest absolute Gasteiger partial charge is 0.380 e. The Morgan fingerprint density at radius 1 is 1.22 bits per heavy atom. The van der Waals surface area contributed by atoms with E-state index in [4.69, 9.17) is 11.6 Å². The van der Waals surface area contributed by atoms with Crippen molar-refractivity contribution in [1.82, 2.24) is 4.98 Å². The van der Waals surface area contributed by atoms with E-state index < -0.39 is 0 Å². The molecule has 1 aromatic heterocycles. The van der Waals surface area contributed by atoms with Gasteiger partial charge in [0, 0.05) is 11.0 Å². The van der Waals surface area contributed by atoms with E-state index in [2.05, 4.69) is 67.3 Å². The van der Waals surface area contributed by atoms with Crippen molar-refractivity contribution in [2.24, 2.45) is 0 Å². The van der Waals surface area contributed by atoms with Crippen LogP contribution in [-0.2, 0) is 6.54 Å². The Hall–Kier alpha value is -0.580. The molecule has 0 atom stereocenters. The van der Waals surface area contributed by atoms with Crippen LogP contribution in [0.1, 0.15) is 11.1 Å². The minimum absolute atomic E-state index is 0.471. The minimum Gasteiger partial charge on any atom is -0.380 e. The molecule has 1 heterocycles. The van der Waals surface area contributed by atoms with Crippen molar-refractivity contribution < 1.29 is 0 Å². The third-order valence-corrected chi connectivity index (χ3v) is 4.52. The summed E-state index contributed by atoms with van der Waals surface area (Å²) in [5.41, 5.74) is 3.37.